The van der Waals surface area contributed by atoms with E-state index in [1.807, 2.05) is 44.2 Å². The van der Waals surface area contributed by atoms with E-state index in [1.165, 1.54) is 4.68 Å². The van der Waals surface area contributed by atoms with Gasteiger partial charge in [-0.1, -0.05) is 32.0 Å². The van der Waals surface area contributed by atoms with Gasteiger partial charge in [0.05, 0.1) is 17.6 Å². The molecule has 1 aliphatic heterocycles. The second-order valence-corrected chi connectivity index (χ2v) is 8.06. The van der Waals surface area contributed by atoms with Gasteiger partial charge < -0.3 is 14.8 Å². The van der Waals surface area contributed by atoms with Crippen molar-refractivity contribution in [3.05, 3.63) is 70.8 Å². The molecule has 5 rings (SSSR count). The number of carbonyl (C=O) groups excluding carboxylic acids is 1. The molecule has 0 aliphatic carbocycles. The van der Waals surface area contributed by atoms with E-state index >= 15 is 0 Å². The van der Waals surface area contributed by atoms with Crippen LogP contribution in [0, 0.1) is 0 Å². The molecule has 9 heteroatoms. The third-order valence-electron chi connectivity index (χ3n) is 5.38. The summed E-state index contributed by atoms with van der Waals surface area (Å²) in [6, 6.07) is 14.6. The molecule has 0 spiro atoms. The predicted molar refractivity (Wildman–Crippen MR) is 123 cm³/mol. The zero-order valence-electron chi connectivity index (χ0n) is 18.3. The Morgan fingerprint density at radius 3 is 2.61 bits per heavy atom. The molecule has 0 radical (unpaired) electrons. The zero-order chi connectivity index (χ0) is 22.9. The lowest BCUT2D eigenvalue weighted by molar-refractivity contribution is -0.117. The van der Waals surface area contributed by atoms with E-state index in [-0.39, 0.29) is 23.9 Å². The maximum Gasteiger partial charge on any atom is 0.293 e. The van der Waals surface area contributed by atoms with E-state index in [9.17, 15) is 9.59 Å². The smallest absolute Gasteiger partial charge is 0.293 e. The Morgan fingerprint density at radius 1 is 1.09 bits per heavy atom. The highest BCUT2D eigenvalue weighted by atomic mass is 16.6. The number of nitrogens with one attached hydrogen (secondary N) is 1. The Morgan fingerprint density at radius 2 is 1.85 bits per heavy atom. The number of benzene rings is 2. The topological polar surface area (TPSA) is 100 Å². The first kappa shape index (κ1) is 20.7. The fourth-order valence-corrected chi connectivity index (χ4v) is 3.85. The van der Waals surface area contributed by atoms with Crippen molar-refractivity contribution in [2.75, 3.05) is 18.5 Å². The molecule has 0 saturated heterocycles. The lowest BCUT2D eigenvalue weighted by Crippen LogP contribution is -2.31. The summed E-state index contributed by atoms with van der Waals surface area (Å²) in [5.74, 6) is 0.873. The fraction of sp³-hybridized carbons (Fsp3) is 0.250. The van der Waals surface area contributed by atoms with Crippen molar-refractivity contribution in [2.45, 2.75) is 26.3 Å². The maximum absolute atomic E-state index is 13.4. The van der Waals surface area contributed by atoms with Gasteiger partial charge in [0.25, 0.3) is 5.56 Å². The van der Waals surface area contributed by atoms with Crippen LogP contribution in [0.25, 0.3) is 16.6 Å². The van der Waals surface area contributed by atoms with Crippen molar-refractivity contribution in [3.8, 4) is 17.2 Å². The van der Waals surface area contributed by atoms with Crippen LogP contribution in [-0.4, -0.2) is 38.7 Å². The predicted octanol–water partition coefficient (Wildman–Crippen LogP) is 3.12. The number of carbonyl (C=O) groups is 1. The molecule has 3 heterocycles. The summed E-state index contributed by atoms with van der Waals surface area (Å²) < 4.78 is 13.9. The molecule has 9 nitrogen and oxygen atoms in total. The van der Waals surface area contributed by atoms with Crippen LogP contribution in [0.2, 0.25) is 0 Å². The van der Waals surface area contributed by atoms with Gasteiger partial charge >= 0.3 is 0 Å². The first-order chi connectivity index (χ1) is 16.0. The molecule has 0 atom stereocenters. The van der Waals surface area contributed by atoms with Crippen LogP contribution < -0.4 is 20.3 Å². The minimum absolute atomic E-state index is 0.0358. The van der Waals surface area contributed by atoms with E-state index in [4.69, 9.17) is 9.47 Å². The summed E-state index contributed by atoms with van der Waals surface area (Å²) in [5.41, 5.74) is 2.04. The number of anilines is 1. The summed E-state index contributed by atoms with van der Waals surface area (Å²) in [6.45, 7) is 4.70. The number of hydrogen-bond donors (Lipinski definition) is 1. The highest BCUT2D eigenvalue weighted by Crippen LogP contribution is 2.32. The van der Waals surface area contributed by atoms with Crippen LogP contribution in [0.15, 0.2) is 59.5 Å². The number of amides is 1. The van der Waals surface area contributed by atoms with Crippen LogP contribution in [0.1, 0.15) is 25.5 Å². The van der Waals surface area contributed by atoms with Crippen molar-refractivity contribution < 1.29 is 14.3 Å². The average molecular weight is 445 g/mol. The monoisotopic (exact) mass is 445 g/mol. The molecule has 168 valence electrons. The molecule has 0 unspecified atom stereocenters. The van der Waals surface area contributed by atoms with Crippen molar-refractivity contribution in [1.82, 2.24) is 19.6 Å². The standard InChI is InChI=1S/C24H23N5O4/c1-15(2)22-18-13-25-29(17-6-4-3-5-7-17)23(18)24(31)28(27-22)14-21(30)26-16-8-9-19-20(12-16)33-11-10-32-19/h3-9,12-13,15H,10-11,14H2,1-2H3,(H,26,30). The molecule has 1 aliphatic rings. The van der Waals surface area contributed by atoms with Gasteiger partial charge in [-0.2, -0.15) is 10.2 Å². The summed E-state index contributed by atoms with van der Waals surface area (Å²) in [4.78, 5) is 26.2. The molecule has 1 amide bonds. The van der Waals surface area contributed by atoms with Crippen molar-refractivity contribution in [3.63, 3.8) is 0 Å². The first-order valence-corrected chi connectivity index (χ1v) is 10.7. The fourth-order valence-electron chi connectivity index (χ4n) is 3.85. The Kier molecular flexibility index (Phi) is 5.29. The molecular formula is C24H23N5O4. The van der Waals surface area contributed by atoms with Crippen molar-refractivity contribution >= 4 is 22.5 Å². The van der Waals surface area contributed by atoms with Crippen LogP contribution in [-0.2, 0) is 11.3 Å². The Bertz CT molecular complexity index is 1390. The van der Waals surface area contributed by atoms with Gasteiger partial charge in [0, 0.05) is 17.1 Å². The lowest BCUT2D eigenvalue weighted by atomic mass is 10.1. The molecule has 33 heavy (non-hydrogen) atoms. The Balaban J connectivity index is 1.49. The summed E-state index contributed by atoms with van der Waals surface area (Å²) in [5, 5.41) is 12.4. The van der Waals surface area contributed by atoms with Gasteiger partial charge in [0.15, 0.2) is 11.5 Å². The van der Waals surface area contributed by atoms with Crippen LogP contribution in [0.4, 0.5) is 5.69 Å². The van der Waals surface area contributed by atoms with Gasteiger partial charge in [0.1, 0.15) is 25.3 Å². The van der Waals surface area contributed by atoms with Gasteiger partial charge in [-0.3, -0.25) is 9.59 Å². The van der Waals surface area contributed by atoms with Crippen molar-refractivity contribution in [1.29, 1.82) is 0 Å². The second kappa shape index (κ2) is 8.42. The SMILES string of the molecule is CC(C)c1nn(CC(=O)Nc2ccc3c(c2)OCCO3)c(=O)c2c1cnn2-c1ccccc1. The van der Waals surface area contributed by atoms with Crippen LogP contribution in [0.5, 0.6) is 11.5 Å². The third-order valence-corrected chi connectivity index (χ3v) is 5.38. The number of ether oxygens (including phenoxy) is 2. The highest BCUT2D eigenvalue weighted by molar-refractivity contribution is 5.91. The zero-order valence-corrected chi connectivity index (χ0v) is 18.3. The quantitative estimate of drug-likeness (QED) is 0.507. The Labute approximate surface area is 189 Å². The molecule has 2 aromatic heterocycles. The normalized spacial score (nSPS) is 12.8. The Hall–Kier alpha value is -4.14. The number of aromatic nitrogens is 4. The van der Waals surface area contributed by atoms with Gasteiger partial charge in [-0.15, -0.1) is 0 Å². The van der Waals surface area contributed by atoms with E-state index in [0.29, 0.717) is 47.0 Å². The number of para-hydroxylation sites is 1. The van der Waals surface area contributed by atoms with Crippen molar-refractivity contribution in [2.24, 2.45) is 0 Å². The van der Waals surface area contributed by atoms with Gasteiger partial charge in [-0.05, 0) is 30.2 Å². The van der Waals surface area contributed by atoms with E-state index < -0.39 is 0 Å². The summed E-state index contributed by atoms with van der Waals surface area (Å²) in [7, 11) is 0. The lowest BCUT2D eigenvalue weighted by Gasteiger charge is -2.19. The minimum Gasteiger partial charge on any atom is -0.486 e. The number of hydrogen-bond acceptors (Lipinski definition) is 6. The number of rotatable bonds is 5. The molecule has 4 aromatic rings. The molecule has 0 bridgehead atoms. The molecular weight excluding hydrogens is 422 g/mol. The second-order valence-electron chi connectivity index (χ2n) is 8.06. The minimum atomic E-state index is -0.381. The maximum atomic E-state index is 13.4. The number of nitrogens with zero attached hydrogens (tertiary/aromatic N) is 4. The van der Waals surface area contributed by atoms with E-state index in [1.54, 1.807) is 29.1 Å². The third kappa shape index (κ3) is 3.93. The first-order valence-electron chi connectivity index (χ1n) is 10.7. The summed E-state index contributed by atoms with van der Waals surface area (Å²) in [6.07, 6.45) is 1.66. The van der Waals surface area contributed by atoms with Crippen LogP contribution >= 0.6 is 0 Å². The summed E-state index contributed by atoms with van der Waals surface area (Å²) >= 11 is 0. The highest BCUT2D eigenvalue weighted by Gasteiger charge is 2.20. The number of fused-ring (bicyclic) bond motifs is 2. The van der Waals surface area contributed by atoms with E-state index in [2.05, 4.69) is 15.5 Å². The largest absolute Gasteiger partial charge is 0.486 e. The molecule has 2 aromatic carbocycles. The van der Waals surface area contributed by atoms with Gasteiger partial charge in [0.2, 0.25) is 5.91 Å². The molecule has 0 fully saturated rings. The van der Waals surface area contributed by atoms with Gasteiger partial charge in [-0.25, -0.2) is 9.36 Å². The van der Waals surface area contributed by atoms with E-state index in [0.717, 1.165) is 5.69 Å². The molecule has 0 saturated carbocycles. The molecule has 1 N–H and O–H groups in total. The van der Waals surface area contributed by atoms with Crippen LogP contribution in [0.3, 0.4) is 0 Å². The average Bonchev–Trinajstić information content (AvgIpc) is 3.26.